The van der Waals surface area contributed by atoms with Crippen LogP contribution in [0.25, 0.3) is 0 Å². The summed E-state index contributed by atoms with van der Waals surface area (Å²) in [5.41, 5.74) is 0. The van der Waals surface area contributed by atoms with Crippen LogP contribution in [-0.4, -0.2) is 368 Å². The van der Waals surface area contributed by atoms with Gasteiger partial charge in [0.15, 0.2) is 44.0 Å². The molecule has 0 saturated carbocycles. The molecule has 21 N–H and O–H groups in total. The van der Waals surface area contributed by atoms with Crippen molar-refractivity contribution in [2.24, 2.45) is 0 Å². The summed E-state index contributed by atoms with van der Waals surface area (Å²) in [7, 11) is 0. The van der Waals surface area contributed by atoms with E-state index in [2.05, 4.69) is 0 Å². The maximum atomic E-state index is 11.7. The number of rotatable bonds is 9. The van der Waals surface area contributed by atoms with E-state index in [0.29, 0.717) is 0 Å². The highest BCUT2D eigenvalue weighted by Gasteiger charge is 2.59. The van der Waals surface area contributed by atoms with Crippen molar-refractivity contribution in [3.05, 3.63) is 0 Å². The normalized spacial score (nSPS) is 55.2. The van der Waals surface area contributed by atoms with Crippen LogP contribution in [-0.2, 0) is 66.3 Å². The van der Waals surface area contributed by atoms with E-state index in [0.717, 1.165) is 0 Å². The zero-order valence-electron chi connectivity index (χ0n) is 40.3. The lowest BCUT2D eigenvalue weighted by atomic mass is 9.94. The minimum Gasteiger partial charge on any atom is -0.394 e. The molecule has 23 rings (SSSR count). The van der Waals surface area contributed by atoms with Crippen LogP contribution >= 0.6 is 0 Å². The lowest BCUT2D eigenvalue weighted by molar-refractivity contribution is -0.405. The van der Waals surface area contributed by atoms with Gasteiger partial charge in [-0.15, -0.1) is 0 Å². The highest BCUT2D eigenvalue weighted by molar-refractivity contribution is 5.01. The summed E-state index contributed by atoms with van der Waals surface area (Å²) < 4.78 is 80.0. The Hall–Kier alpha value is -1.40. The third-order valence-corrected chi connectivity index (χ3v) is 14.8. The first-order valence-corrected chi connectivity index (χ1v) is 24.6. The van der Waals surface area contributed by atoms with Gasteiger partial charge in [-0.25, -0.2) is 0 Å². The highest BCUT2D eigenvalue weighted by atomic mass is 16.8. The Bertz CT molecular complexity index is 1820. The molecule has 0 amide bonds. The molecular weight excluding hydrogens is 1060 g/mol. The van der Waals surface area contributed by atoms with Gasteiger partial charge in [0.25, 0.3) is 0 Å². The molecule has 35 nitrogen and oxygen atoms in total. The number of aliphatic hydroxyl groups excluding tert-OH is 21. The molecule has 12 bridgehead atoms. The quantitative estimate of drug-likeness (QED) is 0.102. The van der Waals surface area contributed by atoms with Crippen molar-refractivity contribution in [3.63, 3.8) is 0 Å². The van der Waals surface area contributed by atoms with Crippen LogP contribution < -0.4 is 0 Å². The summed E-state index contributed by atoms with van der Waals surface area (Å²) in [6.45, 7) is -7.11. The monoisotopic (exact) mass is 1130 g/mol. The fourth-order valence-electron chi connectivity index (χ4n) is 10.3. The minimum atomic E-state index is -2.30. The molecule has 0 spiro atoms. The average Bonchev–Trinajstić information content (AvgIpc) is 3.46. The lowest BCUT2D eigenvalue weighted by Crippen LogP contribution is -2.69. The maximum absolute atomic E-state index is 11.7. The predicted molar refractivity (Wildman–Crippen MR) is 228 cm³/mol. The standard InChI is InChI=1S/C42H70O35/c43-1-8-15(49)16(50)23(57)36(65-8)64-7-14-35-22(56)29(63)42(71-14)76-34-13(6-48)69-40(27(61)20(34)54)74-32-11(4-46)67-38(25(59)18(32)52)72-30-9(2-44)66-37(24(58)17(30)51)73-31-10(3-45)68-39(26(60)19(31)53)75-33-12(5-47)70-41(77-35)28(62)21(33)55/h8-63H,1-7H2/t8-,9-,10-,11-,12-,13-,14-,15+,16+,17-,18-,19-,20-,21-,22-,23-,24-,25-,26-,27-,28-,29-,30-,31-,32-,33-,34-,35-,36+,37-,38-,39-,40-,41-,42-/m1/s1. The fraction of sp³-hybridized carbons (Fsp3) is 1.00. The largest absolute Gasteiger partial charge is 0.394 e. The first-order chi connectivity index (χ1) is 36.6. The Morgan fingerprint density at radius 2 is 0.429 bits per heavy atom. The SMILES string of the molecule is OC[C@H]1O[C@H](OC[C@H]2O[C@@H]3O[C@H]4[C@H](O)[C@@H](O)[C@@H](O[C@H]5[C@H](O)[C@@H](O)[C@@H](O[C@H]6[C@H](O)[C@@H](O)[C@@H](O[C@H]7[C@H](O)[C@@H](O)[C@@H](O[C@H]8[C@H](O)[C@@H](O)[C@@H](O[C@H]2[C@H](O)[C@H]3O)O[C@@H]8CO)O[C@@H]7CO)O[C@@H]6CO)O[C@@H]5CO)O[C@@H]4CO)[C@H](O)[C@@H](O)[C@H]1O. The van der Waals surface area contributed by atoms with E-state index in [4.69, 9.17) is 66.3 Å². The van der Waals surface area contributed by atoms with Gasteiger partial charge in [0.1, 0.15) is 171 Å². The zero-order valence-corrected chi connectivity index (χ0v) is 40.3. The molecule has 23 aliphatic rings. The van der Waals surface area contributed by atoms with E-state index < -0.39 is 261 Å². The molecule has 0 aromatic rings. The van der Waals surface area contributed by atoms with E-state index in [1.54, 1.807) is 0 Å². The Kier molecular flexibility index (Phi) is 20.8. The molecule has 35 atom stereocenters. The second-order valence-corrected chi connectivity index (χ2v) is 19.7. The van der Waals surface area contributed by atoms with Crippen LogP contribution in [0, 0.1) is 0 Å². The summed E-state index contributed by atoms with van der Waals surface area (Å²) in [6.07, 6.45) is -70.4. The van der Waals surface area contributed by atoms with Crippen LogP contribution in [0.15, 0.2) is 0 Å². The Balaban J connectivity index is 1.11. The third-order valence-electron chi connectivity index (χ3n) is 14.8. The van der Waals surface area contributed by atoms with Gasteiger partial charge in [-0.05, 0) is 0 Å². The van der Waals surface area contributed by atoms with Crippen molar-refractivity contribution in [3.8, 4) is 0 Å². The van der Waals surface area contributed by atoms with Crippen LogP contribution in [0.1, 0.15) is 0 Å². The second kappa shape index (κ2) is 26.0. The molecule has 0 aliphatic carbocycles. The minimum absolute atomic E-state index is 0.889. The van der Waals surface area contributed by atoms with Gasteiger partial charge >= 0.3 is 0 Å². The second-order valence-electron chi connectivity index (χ2n) is 19.7. The van der Waals surface area contributed by atoms with Crippen molar-refractivity contribution < 1.29 is 174 Å². The smallest absolute Gasteiger partial charge is 0.187 e. The molecule has 23 fully saturated rings. The number of aliphatic hydroxyl groups is 21. The zero-order chi connectivity index (χ0) is 56.1. The molecular formula is C42H70O35. The first-order valence-electron chi connectivity index (χ1n) is 24.6. The van der Waals surface area contributed by atoms with Gasteiger partial charge in [0, 0.05) is 0 Å². The number of hydrogen-bond donors (Lipinski definition) is 21. The van der Waals surface area contributed by atoms with Gasteiger partial charge in [-0.2, -0.15) is 0 Å². The lowest BCUT2D eigenvalue weighted by Gasteiger charge is -2.51. The van der Waals surface area contributed by atoms with Gasteiger partial charge in [0.05, 0.1) is 46.2 Å². The summed E-state index contributed by atoms with van der Waals surface area (Å²) in [4.78, 5) is 0. The summed E-state index contributed by atoms with van der Waals surface area (Å²) in [5.74, 6) is 0. The molecule has 0 radical (unpaired) electrons. The Morgan fingerprint density at radius 1 is 0.208 bits per heavy atom. The van der Waals surface area contributed by atoms with Crippen molar-refractivity contribution in [1.29, 1.82) is 0 Å². The average molecular weight is 1130 g/mol. The molecule has 23 aliphatic heterocycles. The van der Waals surface area contributed by atoms with Crippen molar-refractivity contribution >= 4 is 0 Å². The van der Waals surface area contributed by atoms with Crippen LogP contribution in [0.4, 0.5) is 0 Å². The molecule has 0 unspecified atom stereocenters. The van der Waals surface area contributed by atoms with Gasteiger partial charge in [-0.3, -0.25) is 0 Å². The number of ether oxygens (including phenoxy) is 14. The molecule has 77 heavy (non-hydrogen) atoms. The first kappa shape index (κ1) is 61.7. The van der Waals surface area contributed by atoms with E-state index in [9.17, 15) is 107 Å². The van der Waals surface area contributed by atoms with Crippen molar-refractivity contribution in [2.45, 2.75) is 215 Å². The summed E-state index contributed by atoms with van der Waals surface area (Å²) in [5, 5.41) is 230. The third kappa shape index (κ3) is 12.2. The Morgan fingerprint density at radius 3 is 0.662 bits per heavy atom. The van der Waals surface area contributed by atoms with E-state index in [1.807, 2.05) is 0 Å². The van der Waals surface area contributed by atoms with Crippen molar-refractivity contribution in [2.75, 3.05) is 46.2 Å². The van der Waals surface area contributed by atoms with Crippen LogP contribution in [0.5, 0.6) is 0 Å². The molecule has 35 heteroatoms. The topological polar surface area (TPSA) is 554 Å². The van der Waals surface area contributed by atoms with Crippen LogP contribution in [0.2, 0.25) is 0 Å². The summed E-state index contributed by atoms with van der Waals surface area (Å²) in [6, 6.07) is 0. The van der Waals surface area contributed by atoms with Crippen molar-refractivity contribution in [1.82, 2.24) is 0 Å². The molecule has 23 saturated heterocycles. The van der Waals surface area contributed by atoms with Gasteiger partial charge < -0.3 is 174 Å². The number of hydrogen-bond acceptors (Lipinski definition) is 35. The predicted octanol–water partition coefficient (Wildman–Crippen LogP) is -15.2. The Labute approximate surface area is 434 Å². The van der Waals surface area contributed by atoms with Gasteiger partial charge in [0.2, 0.25) is 0 Å². The molecule has 23 heterocycles. The van der Waals surface area contributed by atoms with Gasteiger partial charge in [-0.1, -0.05) is 0 Å². The van der Waals surface area contributed by atoms with E-state index in [-0.39, 0.29) is 0 Å². The van der Waals surface area contributed by atoms with Crippen LogP contribution in [0.3, 0.4) is 0 Å². The fourth-order valence-corrected chi connectivity index (χ4v) is 10.3. The van der Waals surface area contributed by atoms with E-state index in [1.165, 1.54) is 0 Å². The summed E-state index contributed by atoms with van der Waals surface area (Å²) >= 11 is 0. The maximum Gasteiger partial charge on any atom is 0.187 e. The molecule has 448 valence electrons. The highest BCUT2D eigenvalue weighted by Crippen LogP contribution is 2.38. The van der Waals surface area contributed by atoms with E-state index >= 15 is 0 Å². The molecule has 0 aromatic heterocycles. The molecule has 0 aromatic carbocycles.